The number of rotatable bonds is 2. The number of hydrogen-bond donors (Lipinski definition) is 2. The molecule has 0 radical (unpaired) electrons. The second-order valence-electron chi connectivity index (χ2n) is 1.10. The molecule has 2 nitrogen and oxygen atoms in total. The van der Waals surface area contributed by atoms with Crippen molar-refractivity contribution in [3.8, 4) is 0 Å². The van der Waals surface area contributed by atoms with E-state index in [0.29, 0.717) is 0 Å². The fourth-order valence-corrected chi connectivity index (χ4v) is 0.160. The molecule has 0 aliphatic rings. The molecule has 0 spiro atoms. The molecule has 0 aromatic rings. The molecule has 0 amide bonds. The number of aliphatic hydroxyl groups excluding tert-OH is 2. The Morgan fingerprint density at radius 2 is 1.33 bits per heavy atom. The molecule has 0 rings (SSSR count). The molecule has 2 atom stereocenters. The third-order valence-corrected chi connectivity index (χ3v) is 0.389. The van der Waals surface area contributed by atoms with Gasteiger partial charge in [-0.15, -0.1) is 0 Å². The van der Waals surface area contributed by atoms with Crippen molar-refractivity contribution in [3.05, 3.63) is 7.43 Å². The zero-order chi connectivity index (χ0) is 5.86. The van der Waals surface area contributed by atoms with Crippen LogP contribution in [0, 0.1) is 7.43 Å². The number of alkyl halides is 2. The number of halogens is 2. The quantitative estimate of drug-likeness (QED) is 0.489. The maximum atomic E-state index is 11.1. The van der Waals surface area contributed by atoms with Crippen LogP contribution in [0.25, 0.3) is 0 Å². The molecule has 5 heteroatoms. The Balaban J connectivity index is -0.000000180. The Morgan fingerprint density at radius 1 is 1.11 bits per heavy atom. The normalized spacial score (nSPS) is 14.7. The minimum Gasteiger partial charge on any atom is -0.364 e. The van der Waals surface area contributed by atoms with Crippen molar-refractivity contribution in [2.45, 2.75) is 19.1 Å². The van der Waals surface area contributed by atoms with Crippen LogP contribution in [0.1, 0.15) is 6.42 Å². The molecular weight excluding hydrogens is 182 g/mol. The molecule has 0 fully saturated rings. The summed E-state index contributed by atoms with van der Waals surface area (Å²) < 4.78 is 22.2. The van der Waals surface area contributed by atoms with E-state index < -0.39 is 19.1 Å². The van der Waals surface area contributed by atoms with Gasteiger partial charge in [0.05, 0.1) is 6.42 Å². The molecule has 2 N–H and O–H groups in total. The van der Waals surface area contributed by atoms with Gasteiger partial charge in [-0.05, 0) is 0 Å². The smallest absolute Gasteiger partial charge is 0.364 e. The molecule has 0 saturated carbocycles. The zero-order valence-electron chi connectivity index (χ0n) is 4.81. The molecule has 0 aliphatic carbocycles. The topological polar surface area (TPSA) is 40.5 Å². The average molecular weight is 191 g/mol. The summed E-state index contributed by atoms with van der Waals surface area (Å²) in [4.78, 5) is 0. The maximum absolute atomic E-state index is 11.1. The summed E-state index contributed by atoms with van der Waals surface area (Å²) in [5.41, 5.74) is 0. The van der Waals surface area contributed by atoms with Gasteiger partial charge in [0.1, 0.15) is 0 Å². The van der Waals surface area contributed by atoms with E-state index in [2.05, 4.69) is 0 Å². The van der Waals surface area contributed by atoms with Gasteiger partial charge in [-0.2, -0.15) is 0 Å². The van der Waals surface area contributed by atoms with Crippen LogP contribution in [0.5, 0.6) is 0 Å². The Morgan fingerprint density at radius 3 is 1.33 bits per heavy atom. The van der Waals surface area contributed by atoms with Gasteiger partial charge < -0.3 is 17.6 Å². The summed E-state index contributed by atoms with van der Waals surface area (Å²) in [6.45, 7) is 0. The minimum absolute atomic E-state index is 0. The summed E-state index contributed by atoms with van der Waals surface area (Å²) in [7, 11) is 0. The Kier molecular flexibility index (Phi) is 14.9. The van der Waals surface area contributed by atoms with E-state index in [9.17, 15) is 8.78 Å². The molecule has 0 aliphatic heterocycles. The fourth-order valence-electron chi connectivity index (χ4n) is 0.160. The van der Waals surface area contributed by atoms with Crippen molar-refractivity contribution in [2.75, 3.05) is 0 Å². The fraction of sp³-hybridized carbons (Fsp3) is 0.750. The van der Waals surface area contributed by atoms with E-state index in [1.165, 1.54) is 0 Å². The molecule has 2 unspecified atom stereocenters. The van der Waals surface area contributed by atoms with Crippen LogP contribution in [0.3, 0.4) is 0 Å². The van der Waals surface area contributed by atoms with Gasteiger partial charge in [-0.3, -0.25) is 0 Å². The molecular formula is C4H9CuF2O2. The summed E-state index contributed by atoms with van der Waals surface area (Å²) in [5.74, 6) is 0. The van der Waals surface area contributed by atoms with Crippen LogP contribution in [-0.2, 0) is 17.1 Å². The van der Waals surface area contributed by atoms with Gasteiger partial charge in [0.25, 0.3) is 0 Å². The molecule has 0 saturated heterocycles. The summed E-state index contributed by atoms with van der Waals surface area (Å²) in [6, 6.07) is 0. The van der Waals surface area contributed by atoms with Crippen LogP contribution in [0.15, 0.2) is 0 Å². The van der Waals surface area contributed by atoms with E-state index in [1.807, 2.05) is 0 Å². The van der Waals surface area contributed by atoms with Gasteiger partial charge >= 0.3 is 17.1 Å². The molecule has 0 aromatic heterocycles. The first-order chi connectivity index (χ1) is 3.13. The van der Waals surface area contributed by atoms with Crippen LogP contribution in [0.4, 0.5) is 8.78 Å². The summed E-state index contributed by atoms with van der Waals surface area (Å²) >= 11 is 0. The molecule has 0 aromatic carbocycles. The first-order valence-electron chi connectivity index (χ1n) is 1.77. The predicted molar refractivity (Wildman–Crippen MR) is 25.3 cm³/mol. The van der Waals surface area contributed by atoms with Crippen LogP contribution in [-0.4, -0.2) is 22.9 Å². The van der Waals surface area contributed by atoms with E-state index in [0.717, 1.165) is 0 Å². The van der Waals surface area contributed by atoms with E-state index in [4.69, 9.17) is 10.2 Å². The monoisotopic (exact) mass is 190 g/mol. The van der Waals surface area contributed by atoms with Gasteiger partial charge in [0, 0.05) is 0 Å². The second kappa shape index (κ2) is 8.30. The maximum Gasteiger partial charge on any atom is 1.00 e. The molecule has 9 heavy (non-hydrogen) atoms. The van der Waals surface area contributed by atoms with E-state index >= 15 is 0 Å². The Hall–Kier alpha value is 0.299. The van der Waals surface area contributed by atoms with Crippen LogP contribution >= 0.6 is 0 Å². The molecule has 0 heterocycles. The van der Waals surface area contributed by atoms with Crippen molar-refractivity contribution in [1.82, 2.24) is 0 Å². The second-order valence-corrected chi connectivity index (χ2v) is 1.10. The van der Waals surface area contributed by atoms with Crippen molar-refractivity contribution < 1.29 is 36.1 Å². The average Bonchev–Trinajstić information content (AvgIpc) is 1.27. The predicted octanol–water partition coefficient (Wildman–Crippen LogP) is 0.400. The SMILES string of the molecule is OC(F)CC(O)F.[CH3-].[Cu+]. The van der Waals surface area contributed by atoms with Gasteiger partial charge in [-0.1, -0.05) is 0 Å². The van der Waals surface area contributed by atoms with Gasteiger partial charge in [-0.25, -0.2) is 8.78 Å². The van der Waals surface area contributed by atoms with Crippen molar-refractivity contribution in [2.24, 2.45) is 0 Å². The van der Waals surface area contributed by atoms with E-state index in [-0.39, 0.29) is 24.5 Å². The summed E-state index contributed by atoms with van der Waals surface area (Å²) in [6.07, 6.45) is -5.36. The molecule has 0 bridgehead atoms. The Labute approximate surface area is 63.4 Å². The summed E-state index contributed by atoms with van der Waals surface area (Å²) in [5, 5.41) is 15.3. The van der Waals surface area contributed by atoms with Gasteiger partial charge in [0.2, 0.25) is 12.7 Å². The first kappa shape index (κ1) is 16.1. The van der Waals surface area contributed by atoms with Gasteiger partial charge in [0.15, 0.2) is 0 Å². The number of aliphatic hydroxyl groups is 2. The van der Waals surface area contributed by atoms with Crippen LogP contribution < -0.4 is 0 Å². The van der Waals surface area contributed by atoms with E-state index in [1.54, 1.807) is 0 Å². The largest absolute Gasteiger partial charge is 1.00 e. The zero-order valence-corrected chi connectivity index (χ0v) is 5.76. The first-order valence-corrected chi connectivity index (χ1v) is 1.77. The van der Waals surface area contributed by atoms with Crippen molar-refractivity contribution >= 4 is 0 Å². The van der Waals surface area contributed by atoms with Crippen molar-refractivity contribution in [3.63, 3.8) is 0 Å². The standard InChI is InChI=1S/C3H6F2O2.CH3.Cu/c4-2(6)1-3(5)7;;/h2-3,6-7H,1H2;1H3;/q;-1;+1. The third kappa shape index (κ3) is 17.8. The minimum atomic E-state index is -2.25. The Bertz CT molecular complexity index is 45.8. The number of hydrogen-bond acceptors (Lipinski definition) is 2. The third-order valence-electron chi connectivity index (χ3n) is 0.389. The molecule has 62 valence electrons. The van der Waals surface area contributed by atoms with Crippen LogP contribution in [0.2, 0.25) is 0 Å². The van der Waals surface area contributed by atoms with Crippen molar-refractivity contribution in [1.29, 1.82) is 0 Å².